The van der Waals surface area contributed by atoms with Crippen LogP contribution in [0, 0.1) is 53.3 Å². The number of nitrogens with zero attached hydrogens (tertiary/aromatic N) is 3. The van der Waals surface area contributed by atoms with Crippen LogP contribution in [0.3, 0.4) is 0 Å². The predicted octanol–water partition coefficient (Wildman–Crippen LogP) is 3.71. The highest BCUT2D eigenvalue weighted by molar-refractivity contribution is 4.94. The van der Waals surface area contributed by atoms with Gasteiger partial charge in [0.2, 0.25) is 0 Å². The molecule has 0 radical (unpaired) electrons. The van der Waals surface area contributed by atoms with Gasteiger partial charge in [-0.05, 0) is 26.3 Å². The van der Waals surface area contributed by atoms with Crippen LogP contribution in [0.2, 0.25) is 0 Å². The van der Waals surface area contributed by atoms with Gasteiger partial charge in [-0.2, -0.15) is 0 Å². The molecule has 0 bridgehead atoms. The zero-order chi connectivity index (χ0) is 46.0. The Morgan fingerprint density at radius 1 is 0.444 bits per heavy atom. The Bertz CT molecular complexity index is 1480. The first-order valence-corrected chi connectivity index (χ1v) is 23.3. The van der Waals surface area contributed by atoms with Gasteiger partial charge in [-0.3, -0.25) is 0 Å². The van der Waals surface area contributed by atoms with Crippen LogP contribution in [0.25, 0.3) is 10.4 Å². The standard InChI is InChI=1S/C44H77N3O16/c1-18-15-53-42(31(49)30(18)48)61-37-22(5)28(11)57-40(25(37)8)59-35-20(3)17-55-44(33(35)51)63-38-23(6)29(12)58-41(26(38)9)60-34-19(2)16-54-43(32(34)50)62-36-21(4)27(10)56-39(24(36)7)52-14-13-46-47-45/h18-44,48-51H,13-17H2,1-12H3/t18-,19-,20-,21-,22-,23-,24?,25?,26?,27?,28?,29?,30+,31?,32?,33?,34+,35+,36+,37+,38+,39-,40+,41+,42-,43-,44-/m1/s1. The number of hydrogen-bond acceptors (Lipinski definition) is 17. The zero-order valence-corrected chi connectivity index (χ0v) is 39.2. The lowest BCUT2D eigenvalue weighted by Crippen LogP contribution is -2.60. The van der Waals surface area contributed by atoms with Gasteiger partial charge in [-0.15, -0.1) is 0 Å². The Balaban J connectivity index is 1.09. The molecule has 0 amide bonds. The van der Waals surface area contributed by atoms with Crippen LogP contribution in [-0.4, -0.2) is 164 Å². The van der Waals surface area contributed by atoms with E-state index in [1.54, 1.807) is 0 Å². The van der Waals surface area contributed by atoms with Gasteiger partial charge in [0.15, 0.2) is 37.7 Å². The summed E-state index contributed by atoms with van der Waals surface area (Å²) in [4.78, 5) is 2.78. The van der Waals surface area contributed by atoms with Crippen molar-refractivity contribution in [1.29, 1.82) is 0 Å². The smallest absolute Gasteiger partial charge is 0.186 e. The average molecular weight is 904 g/mol. The Labute approximate surface area is 372 Å². The molecule has 6 aliphatic heterocycles. The molecule has 0 spiro atoms. The summed E-state index contributed by atoms with van der Waals surface area (Å²) in [6, 6.07) is 0. The van der Waals surface area contributed by atoms with Crippen molar-refractivity contribution >= 4 is 0 Å². The third-order valence-corrected chi connectivity index (χ3v) is 14.8. The summed E-state index contributed by atoms with van der Waals surface area (Å²) in [6.07, 6.45) is -13.2. The first-order valence-electron chi connectivity index (χ1n) is 23.3. The van der Waals surface area contributed by atoms with Crippen LogP contribution in [0.4, 0.5) is 0 Å². The number of aliphatic hydroxyl groups is 4. The molecule has 4 N–H and O–H groups in total. The van der Waals surface area contributed by atoms with Gasteiger partial charge in [-0.25, -0.2) is 0 Å². The molecule has 6 saturated heterocycles. The minimum absolute atomic E-state index is 0.0492. The molecule has 9 unspecified atom stereocenters. The van der Waals surface area contributed by atoms with Gasteiger partial charge in [-0.1, -0.05) is 67.4 Å². The molecule has 6 heterocycles. The first-order chi connectivity index (χ1) is 29.8. The van der Waals surface area contributed by atoms with Gasteiger partial charge in [0.25, 0.3) is 0 Å². The molecule has 19 heteroatoms. The van der Waals surface area contributed by atoms with Gasteiger partial charge < -0.3 is 77.3 Å². The summed E-state index contributed by atoms with van der Waals surface area (Å²) in [5.74, 6) is -1.81. The van der Waals surface area contributed by atoms with Crippen LogP contribution in [-0.2, 0) is 56.8 Å². The summed E-state index contributed by atoms with van der Waals surface area (Å²) in [5, 5.41) is 48.6. The fourth-order valence-electron chi connectivity index (χ4n) is 9.95. The Hall–Kier alpha value is -1.33. The number of ether oxygens (including phenoxy) is 12. The average Bonchev–Trinajstić information content (AvgIpc) is 3.25. The molecule has 364 valence electrons. The largest absolute Gasteiger partial charge is 0.390 e. The van der Waals surface area contributed by atoms with Crippen LogP contribution >= 0.6 is 0 Å². The van der Waals surface area contributed by atoms with E-state index in [1.807, 2.05) is 83.1 Å². The molecule has 6 fully saturated rings. The van der Waals surface area contributed by atoms with E-state index in [0.717, 1.165) is 0 Å². The number of aliphatic hydroxyl groups excluding tert-OH is 4. The Morgan fingerprint density at radius 3 is 1.21 bits per heavy atom. The molecule has 0 aromatic rings. The third kappa shape index (κ3) is 11.3. The molecule has 0 aromatic heterocycles. The topological polar surface area (TPSA) is 240 Å². The quantitative estimate of drug-likeness (QED) is 0.0841. The van der Waals surface area contributed by atoms with E-state index < -0.39 is 86.6 Å². The van der Waals surface area contributed by atoms with Crippen LogP contribution in [0.5, 0.6) is 0 Å². The molecular weight excluding hydrogens is 826 g/mol. The van der Waals surface area contributed by atoms with Crippen molar-refractivity contribution in [3.05, 3.63) is 10.4 Å². The molecule has 6 aliphatic rings. The van der Waals surface area contributed by atoms with Crippen molar-refractivity contribution in [2.24, 2.45) is 58.4 Å². The van der Waals surface area contributed by atoms with E-state index in [9.17, 15) is 20.4 Å². The fourth-order valence-corrected chi connectivity index (χ4v) is 9.95. The fraction of sp³-hybridized carbons (Fsp3) is 1.00. The monoisotopic (exact) mass is 904 g/mol. The zero-order valence-electron chi connectivity index (χ0n) is 39.2. The maximum atomic E-state index is 11.9. The van der Waals surface area contributed by atoms with Crippen molar-refractivity contribution in [2.75, 3.05) is 33.0 Å². The maximum Gasteiger partial charge on any atom is 0.186 e. The minimum atomic E-state index is -1.20. The SMILES string of the molecule is CC1O[C@@H](O[C@@H]2C(O)[C@@H](O[C@@H]3C(C)[C@H](O[C@@H]4C(O)[C@@H](O[C@@H]5C(C)[C@H](OCCN=[N+]=[N-])OC(C)[C@H]5C)OC[C@H]4C)OC(C)[C@H]3C)OC[C@H]2C)C(C)[C@@H](O[C@H]2OC[C@@H](C)[C@H](O)C2O)[C@@H]1C. The van der Waals surface area contributed by atoms with E-state index in [0.29, 0.717) is 0 Å². The second-order valence-electron chi connectivity index (χ2n) is 19.6. The molecule has 0 saturated carbocycles. The molecule has 0 aromatic carbocycles. The van der Waals surface area contributed by atoms with Crippen molar-refractivity contribution in [1.82, 2.24) is 0 Å². The number of hydrogen-bond donors (Lipinski definition) is 4. The van der Waals surface area contributed by atoms with Crippen LogP contribution < -0.4 is 0 Å². The lowest BCUT2D eigenvalue weighted by atomic mass is 9.85. The number of rotatable bonds is 14. The molecule has 6 rings (SSSR count). The molecule has 0 aliphatic carbocycles. The van der Waals surface area contributed by atoms with Crippen molar-refractivity contribution in [3.8, 4) is 0 Å². The van der Waals surface area contributed by atoms with Gasteiger partial charge in [0.05, 0.1) is 81.4 Å². The summed E-state index contributed by atoms with van der Waals surface area (Å²) in [7, 11) is 0. The molecule has 19 nitrogen and oxygen atoms in total. The van der Waals surface area contributed by atoms with Gasteiger partial charge in [0.1, 0.15) is 18.3 Å². The second kappa shape index (κ2) is 22.2. The van der Waals surface area contributed by atoms with E-state index >= 15 is 0 Å². The molecular formula is C44H77N3O16. The Morgan fingerprint density at radius 2 is 0.794 bits per heavy atom. The normalized spacial score (nSPS) is 52.2. The van der Waals surface area contributed by atoms with Crippen molar-refractivity contribution in [2.45, 2.75) is 194 Å². The second-order valence-corrected chi connectivity index (χ2v) is 19.6. The lowest BCUT2D eigenvalue weighted by Gasteiger charge is -2.50. The maximum absolute atomic E-state index is 11.9. The summed E-state index contributed by atoms with van der Waals surface area (Å²) in [5.41, 5.74) is 8.64. The van der Waals surface area contributed by atoms with Crippen molar-refractivity contribution < 1.29 is 77.3 Å². The van der Waals surface area contributed by atoms with Crippen LogP contribution in [0.15, 0.2) is 5.11 Å². The van der Waals surface area contributed by atoms with Crippen molar-refractivity contribution in [3.63, 3.8) is 0 Å². The highest BCUT2D eigenvalue weighted by atomic mass is 16.7. The molecule has 63 heavy (non-hydrogen) atoms. The molecule has 27 atom stereocenters. The Kier molecular flexibility index (Phi) is 18.0. The first kappa shape index (κ1) is 51.1. The summed E-state index contributed by atoms with van der Waals surface area (Å²) >= 11 is 0. The third-order valence-electron chi connectivity index (χ3n) is 14.8. The highest BCUT2D eigenvalue weighted by Crippen LogP contribution is 2.41. The van der Waals surface area contributed by atoms with E-state index in [2.05, 4.69) is 10.0 Å². The minimum Gasteiger partial charge on any atom is -0.390 e. The highest BCUT2D eigenvalue weighted by Gasteiger charge is 2.52. The van der Waals surface area contributed by atoms with Gasteiger partial charge in [0, 0.05) is 64.7 Å². The van der Waals surface area contributed by atoms with E-state index in [1.165, 1.54) is 0 Å². The number of azide groups is 1. The summed E-state index contributed by atoms with van der Waals surface area (Å²) in [6.45, 7) is 24.7. The van der Waals surface area contributed by atoms with Gasteiger partial charge >= 0.3 is 0 Å². The predicted molar refractivity (Wildman–Crippen MR) is 223 cm³/mol. The lowest BCUT2D eigenvalue weighted by molar-refractivity contribution is -0.364. The van der Waals surface area contributed by atoms with E-state index in [-0.39, 0.29) is 111 Å². The summed E-state index contributed by atoms with van der Waals surface area (Å²) < 4.78 is 75.9. The van der Waals surface area contributed by atoms with E-state index in [4.69, 9.17) is 62.4 Å². The van der Waals surface area contributed by atoms with Crippen LogP contribution in [0.1, 0.15) is 83.1 Å².